The molecule has 0 aliphatic rings. The molecule has 3 aromatic rings. The number of unbranched alkanes of at least 4 members (excludes halogenated alkanes) is 1. The predicted molar refractivity (Wildman–Crippen MR) is 146 cm³/mol. The molecule has 36 heavy (non-hydrogen) atoms. The monoisotopic (exact) mass is 546 g/mol. The zero-order valence-corrected chi connectivity index (χ0v) is 22.3. The maximum atomic E-state index is 13.6. The summed E-state index contributed by atoms with van der Waals surface area (Å²) in [5.74, 6) is -0.255. The Morgan fingerprint density at radius 1 is 0.889 bits per heavy atom. The van der Waals surface area contributed by atoms with Crippen LogP contribution in [0, 0.1) is 0 Å². The van der Waals surface area contributed by atoms with E-state index in [4.69, 9.17) is 39.5 Å². The van der Waals surface area contributed by atoms with Gasteiger partial charge in [-0.1, -0.05) is 96.7 Å². The maximum Gasteiger partial charge on any atom is 0.261 e. The summed E-state index contributed by atoms with van der Waals surface area (Å²) in [5.41, 5.74) is 1.48. The van der Waals surface area contributed by atoms with Gasteiger partial charge in [0.05, 0.1) is 5.02 Å². The van der Waals surface area contributed by atoms with E-state index in [1.165, 1.54) is 4.90 Å². The maximum absolute atomic E-state index is 13.6. The first-order chi connectivity index (χ1) is 17.4. The lowest BCUT2D eigenvalue weighted by molar-refractivity contribution is -0.142. The highest BCUT2D eigenvalue weighted by Gasteiger charge is 2.31. The molecule has 0 spiro atoms. The van der Waals surface area contributed by atoms with Crippen molar-refractivity contribution in [3.05, 3.63) is 99.0 Å². The van der Waals surface area contributed by atoms with Gasteiger partial charge in [-0.05, 0) is 36.2 Å². The topological polar surface area (TPSA) is 58.6 Å². The number of carbonyl (C=O) groups is 2. The van der Waals surface area contributed by atoms with Gasteiger partial charge in [-0.2, -0.15) is 0 Å². The molecule has 3 aromatic carbocycles. The zero-order chi connectivity index (χ0) is 25.9. The van der Waals surface area contributed by atoms with Crippen LogP contribution in [-0.2, 0) is 22.6 Å². The highest BCUT2D eigenvalue weighted by molar-refractivity contribution is 6.36. The molecule has 0 bridgehead atoms. The number of hydrogen-bond acceptors (Lipinski definition) is 3. The van der Waals surface area contributed by atoms with Crippen molar-refractivity contribution in [2.45, 2.75) is 38.8 Å². The lowest BCUT2D eigenvalue weighted by Crippen LogP contribution is -2.52. The van der Waals surface area contributed by atoms with Crippen LogP contribution in [0.25, 0.3) is 0 Å². The Bertz CT molecular complexity index is 1140. The Balaban J connectivity index is 1.94. The molecule has 0 saturated carbocycles. The molecule has 0 saturated heterocycles. The molecule has 2 amide bonds. The zero-order valence-electron chi connectivity index (χ0n) is 20.1. The Morgan fingerprint density at radius 2 is 1.53 bits per heavy atom. The summed E-state index contributed by atoms with van der Waals surface area (Å²) in [4.78, 5) is 28.5. The quantitative estimate of drug-likeness (QED) is 0.261. The number of benzene rings is 3. The second-order valence-corrected chi connectivity index (χ2v) is 9.51. The van der Waals surface area contributed by atoms with Crippen molar-refractivity contribution >= 4 is 46.6 Å². The van der Waals surface area contributed by atoms with Crippen LogP contribution in [0.3, 0.4) is 0 Å². The number of nitrogens with zero attached hydrogens (tertiary/aromatic N) is 1. The summed E-state index contributed by atoms with van der Waals surface area (Å²) in [6, 6.07) is 20.8. The highest BCUT2D eigenvalue weighted by atomic mass is 35.5. The van der Waals surface area contributed by atoms with Crippen molar-refractivity contribution in [1.82, 2.24) is 10.2 Å². The molecule has 5 nitrogen and oxygen atoms in total. The standard InChI is InChI=1S/C28H29Cl3N2O3/c1-2-3-16-32-28(35)25(17-20-10-5-4-6-11-20)33(18-21-22(29)13-9-14-23(21)30)27(34)19-36-26-15-8-7-12-24(26)31/h4-15,25H,2-3,16-19H2,1H3,(H,32,35)/t25-/m0/s1. The second-order valence-electron chi connectivity index (χ2n) is 8.29. The van der Waals surface area contributed by atoms with Gasteiger partial charge in [-0.3, -0.25) is 9.59 Å². The molecule has 0 fully saturated rings. The highest BCUT2D eigenvalue weighted by Crippen LogP contribution is 2.28. The molecule has 190 valence electrons. The van der Waals surface area contributed by atoms with Gasteiger partial charge < -0.3 is 15.0 Å². The third-order valence-corrected chi connectivity index (χ3v) is 6.70. The molecule has 0 aliphatic carbocycles. The first kappa shape index (κ1) is 27.9. The summed E-state index contributed by atoms with van der Waals surface area (Å²) in [5, 5.41) is 4.20. The molecular formula is C28H29Cl3N2O3. The van der Waals surface area contributed by atoms with E-state index in [1.54, 1.807) is 42.5 Å². The molecular weight excluding hydrogens is 519 g/mol. The van der Waals surface area contributed by atoms with Crippen LogP contribution in [-0.4, -0.2) is 35.9 Å². The Labute approximate surface area is 227 Å². The first-order valence-corrected chi connectivity index (χ1v) is 13.0. The van der Waals surface area contributed by atoms with Gasteiger partial charge in [-0.15, -0.1) is 0 Å². The van der Waals surface area contributed by atoms with E-state index >= 15 is 0 Å². The number of para-hydroxylation sites is 1. The van der Waals surface area contributed by atoms with Gasteiger partial charge in [0.25, 0.3) is 5.91 Å². The van der Waals surface area contributed by atoms with Crippen molar-refractivity contribution in [3.8, 4) is 5.75 Å². The van der Waals surface area contributed by atoms with Crippen molar-refractivity contribution in [1.29, 1.82) is 0 Å². The fraction of sp³-hybridized carbons (Fsp3) is 0.286. The third kappa shape index (κ3) is 7.89. The minimum atomic E-state index is -0.807. The van der Waals surface area contributed by atoms with Crippen molar-refractivity contribution in [2.75, 3.05) is 13.2 Å². The summed E-state index contributed by atoms with van der Waals surface area (Å²) >= 11 is 19.1. The second kappa shape index (κ2) is 14.1. The van der Waals surface area contributed by atoms with Crippen LogP contribution < -0.4 is 10.1 Å². The Kier molecular flexibility index (Phi) is 10.9. The molecule has 1 atom stereocenters. The predicted octanol–water partition coefficient (Wildman–Crippen LogP) is 6.58. The van der Waals surface area contributed by atoms with Gasteiger partial charge in [0.15, 0.2) is 6.61 Å². The number of carbonyl (C=O) groups excluding carboxylic acids is 2. The lowest BCUT2D eigenvalue weighted by atomic mass is 10.0. The summed E-state index contributed by atoms with van der Waals surface area (Å²) < 4.78 is 5.74. The minimum Gasteiger partial charge on any atom is -0.482 e. The summed E-state index contributed by atoms with van der Waals surface area (Å²) in [6.07, 6.45) is 2.09. The van der Waals surface area contributed by atoms with Crippen molar-refractivity contribution < 1.29 is 14.3 Å². The smallest absolute Gasteiger partial charge is 0.261 e. The van der Waals surface area contributed by atoms with Crippen LogP contribution in [0.15, 0.2) is 72.8 Å². The first-order valence-electron chi connectivity index (χ1n) is 11.8. The Hall–Kier alpha value is -2.73. The molecule has 8 heteroatoms. The SMILES string of the molecule is CCCCNC(=O)[C@H](Cc1ccccc1)N(Cc1c(Cl)cccc1Cl)C(=O)COc1ccccc1Cl. The molecule has 0 heterocycles. The van der Waals surface area contributed by atoms with Crippen LogP contribution in [0.2, 0.25) is 15.1 Å². The van der Waals surface area contributed by atoms with Gasteiger partial charge in [-0.25, -0.2) is 0 Å². The fourth-order valence-corrected chi connectivity index (χ4v) is 4.41. The van der Waals surface area contributed by atoms with E-state index in [0.717, 1.165) is 18.4 Å². The molecule has 0 aromatic heterocycles. The van der Waals surface area contributed by atoms with Crippen LogP contribution >= 0.6 is 34.8 Å². The van der Waals surface area contributed by atoms with Gasteiger partial charge in [0, 0.05) is 35.1 Å². The van der Waals surface area contributed by atoms with E-state index < -0.39 is 11.9 Å². The summed E-state index contributed by atoms with van der Waals surface area (Å²) in [7, 11) is 0. The van der Waals surface area contributed by atoms with E-state index in [0.29, 0.717) is 39.3 Å². The van der Waals surface area contributed by atoms with Crippen molar-refractivity contribution in [2.24, 2.45) is 0 Å². The van der Waals surface area contributed by atoms with Gasteiger partial charge in [0.1, 0.15) is 11.8 Å². The van der Waals surface area contributed by atoms with E-state index in [9.17, 15) is 9.59 Å². The third-order valence-electron chi connectivity index (χ3n) is 5.68. The molecule has 3 rings (SSSR count). The van der Waals surface area contributed by atoms with E-state index in [-0.39, 0.29) is 19.1 Å². The molecule has 0 radical (unpaired) electrons. The average Bonchev–Trinajstić information content (AvgIpc) is 2.87. The van der Waals surface area contributed by atoms with Crippen molar-refractivity contribution in [3.63, 3.8) is 0 Å². The fourth-order valence-electron chi connectivity index (χ4n) is 3.70. The minimum absolute atomic E-state index is 0.0436. The Morgan fingerprint density at radius 3 is 2.19 bits per heavy atom. The normalized spacial score (nSPS) is 11.6. The molecule has 0 aliphatic heterocycles. The van der Waals surface area contributed by atoms with Gasteiger partial charge in [0.2, 0.25) is 5.91 Å². The number of hydrogen-bond donors (Lipinski definition) is 1. The molecule has 0 unspecified atom stereocenters. The number of halogens is 3. The summed E-state index contributed by atoms with van der Waals surface area (Å²) in [6.45, 7) is 2.31. The lowest BCUT2D eigenvalue weighted by Gasteiger charge is -2.32. The van der Waals surface area contributed by atoms with Crippen LogP contribution in [0.1, 0.15) is 30.9 Å². The molecule has 1 N–H and O–H groups in total. The van der Waals surface area contributed by atoms with Crippen LogP contribution in [0.4, 0.5) is 0 Å². The van der Waals surface area contributed by atoms with Crippen LogP contribution in [0.5, 0.6) is 5.75 Å². The number of amides is 2. The van der Waals surface area contributed by atoms with E-state index in [1.807, 2.05) is 30.3 Å². The van der Waals surface area contributed by atoms with Gasteiger partial charge >= 0.3 is 0 Å². The number of ether oxygens (including phenoxy) is 1. The largest absolute Gasteiger partial charge is 0.482 e. The number of rotatable bonds is 12. The van der Waals surface area contributed by atoms with E-state index in [2.05, 4.69) is 12.2 Å². The number of nitrogens with one attached hydrogen (secondary N) is 1. The average molecular weight is 548 g/mol.